The average Bonchev–Trinajstić information content (AvgIpc) is 2.50. The highest BCUT2D eigenvalue weighted by atomic mass is 79.9. The third-order valence-electron chi connectivity index (χ3n) is 2.96. The fraction of sp³-hybridized carbons (Fsp3) is 0.200. The van der Waals surface area contributed by atoms with E-state index in [1.807, 2.05) is 0 Å². The monoisotopic (exact) mass is 357 g/mol. The Morgan fingerprint density at radius 1 is 1.05 bits per heavy atom. The number of halogens is 3. The lowest BCUT2D eigenvalue weighted by Crippen LogP contribution is -2.05. The molecule has 0 aliphatic carbocycles. The topological polar surface area (TPSA) is 30.5 Å². The molecule has 0 amide bonds. The average molecular weight is 358 g/mol. The normalized spacial score (nSPS) is 10.3. The van der Waals surface area contributed by atoms with Crippen molar-refractivity contribution in [1.29, 1.82) is 0 Å². The lowest BCUT2D eigenvalue weighted by atomic mass is 10.2. The SMILES string of the molecule is COc1cc(NCc2c(F)ccc(Br)c2F)cc(OC)c1. The van der Waals surface area contributed by atoms with Crippen LogP contribution in [0.5, 0.6) is 11.5 Å². The van der Waals surface area contributed by atoms with E-state index in [1.165, 1.54) is 26.4 Å². The highest BCUT2D eigenvalue weighted by Gasteiger charge is 2.12. The molecule has 2 rings (SSSR count). The van der Waals surface area contributed by atoms with E-state index in [-0.39, 0.29) is 16.6 Å². The third-order valence-corrected chi connectivity index (χ3v) is 3.57. The second kappa shape index (κ2) is 6.76. The van der Waals surface area contributed by atoms with Crippen molar-refractivity contribution in [3.05, 3.63) is 52.0 Å². The summed E-state index contributed by atoms with van der Waals surface area (Å²) in [6, 6.07) is 7.71. The second-order valence-corrected chi connectivity index (χ2v) is 5.13. The first-order chi connectivity index (χ1) is 10.0. The van der Waals surface area contributed by atoms with E-state index in [2.05, 4.69) is 21.2 Å². The van der Waals surface area contributed by atoms with Crippen LogP contribution in [0, 0.1) is 11.6 Å². The summed E-state index contributed by atoms with van der Waals surface area (Å²) in [6.45, 7) is 0.00737. The number of hydrogen-bond donors (Lipinski definition) is 1. The zero-order valence-electron chi connectivity index (χ0n) is 11.5. The van der Waals surface area contributed by atoms with Gasteiger partial charge in [-0.1, -0.05) is 0 Å². The van der Waals surface area contributed by atoms with E-state index >= 15 is 0 Å². The number of anilines is 1. The van der Waals surface area contributed by atoms with Gasteiger partial charge in [-0.25, -0.2) is 8.78 Å². The maximum Gasteiger partial charge on any atom is 0.145 e. The molecule has 0 radical (unpaired) electrons. The smallest absolute Gasteiger partial charge is 0.145 e. The van der Waals surface area contributed by atoms with Gasteiger partial charge in [0, 0.05) is 36.0 Å². The fourth-order valence-corrected chi connectivity index (χ4v) is 2.20. The van der Waals surface area contributed by atoms with Crippen molar-refractivity contribution in [2.24, 2.45) is 0 Å². The van der Waals surface area contributed by atoms with Crippen LogP contribution >= 0.6 is 15.9 Å². The summed E-state index contributed by atoms with van der Waals surface area (Å²) < 4.78 is 38.1. The Balaban J connectivity index is 2.22. The van der Waals surface area contributed by atoms with Crippen LogP contribution in [0.3, 0.4) is 0 Å². The van der Waals surface area contributed by atoms with E-state index in [4.69, 9.17) is 9.47 Å². The third kappa shape index (κ3) is 3.64. The molecule has 6 heteroatoms. The van der Waals surface area contributed by atoms with E-state index in [9.17, 15) is 8.78 Å². The van der Waals surface area contributed by atoms with Crippen LogP contribution in [0.15, 0.2) is 34.8 Å². The largest absolute Gasteiger partial charge is 0.497 e. The minimum absolute atomic E-state index is 0.00737. The lowest BCUT2D eigenvalue weighted by molar-refractivity contribution is 0.394. The Morgan fingerprint density at radius 2 is 1.67 bits per heavy atom. The molecule has 21 heavy (non-hydrogen) atoms. The van der Waals surface area contributed by atoms with Gasteiger partial charge in [0.1, 0.15) is 23.1 Å². The molecule has 0 spiro atoms. The fourth-order valence-electron chi connectivity index (χ4n) is 1.83. The van der Waals surface area contributed by atoms with Crippen LogP contribution in [-0.4, -0.2) is 14.2 Å². The summed E-state index contributed by atoms with van der Waals surface area (Å²) in [6.07, 6.45) is 0. The highest BCUT2D eigenvalue weighted by molar-refractivity contribution is 9.10. The van der Waals surface area contributed by atoms with Gasteiger partial charge in [-0.3, -0.25) is 0 Å². The zero-order chi connectivity index (χ0) is 15.4. The molecule has 0 saturated heterocycles. The number of hydrogen-bond acceptors (Lipinski definition) is 3. The van der Waals surface area contributed by atoms with Gasteiger partial charge in [-0.15, -0.1) is 0 Å². The van der Waals surface area contributed by atoms with Crippen LogP contribution in [0.1, 0.15) is 5.56 Å². The van der Waals surface area contributed by atoms with Crippen LogP contribution in [0.4, 0.5) is 14.5 Å². The summed E-state index contributed by atoms with van der Waals surface area (Å²) in [4.78, 5) is 0. The van der Waals surface area contributed by atoms with Crippen LogP contribution < -0.4 is 14.8 Å². The summed E-state index contributed by atoms with van der Waals surface area (Å²) in [5.74, 6) is -0.0329. The van der Waals surface area contributed by atoms with Crippen molar-refractivity contribution in [1.82, 2.24) is 0 Å². The molecule has 0 aliphatic rings. The van der Waals surface area contributed by atoms with E-state index < -0.39 is 11.6 Å². The van der Waals surface area contributed by atoms with Crippen molar-refractivity contribution >= 4 is 21.6 Å². The molecule has 0 unspecified atom stereocenters. The number of ether oxygens (including phenoxy) is 2. The van der Waals surface area contributed by atoms with Gasteiger partial charge >= 0.3 is 0 Å². The van der Waals surface area contributed by atoms with Gasteiger partial charge in [-0.2, -0.15) is 0 Å². The Bertz CT molecular complexity index is 628. The van der Waals surface area contributed by atoms with Crippen molar-refractivity contribution < 1.29 is 18.3 Å². The molecule has 0 heterocycles. The minimum atomic E-state index is -0.614. The summed E-state index contributed by atoms with van der Waals surface area (Å²) in [5.41, 5.74) is 0.608. The molecule has 3 nitrogen and oxygen atoms in total. The van der Waals surface area contributed by atoms with E-state index in [0.29, 0.717) is 17.2 Å². The summed E-state index contributed by atoms with van der Waals surface area (Å²) >= 11 is 3.04. The number of methoxy groups -OCH3 is 2. The van der Waals surface area contributed by atoms with Crippen molar-refractivity contribution in [3.8, 4) is 11.5 Å². The molecular formula is C15H14BrF2NO2. The van der Waals surface area contributed by atoms with Crippen molar-refractivity contribution in [2.45, 2.75) is 6.54 Å². The molecule has 0 bridgehead atoms. The molecule has 0 aromatic heterocycles. The predicted molar refractivity (Wildman–Crippen MR) is 80.9 cm³/mol. The summed E-state index contributed by atoms with van der Waals surface area (Å²) in [7, 11) is 3.07. The first-order valence-electron chi connectivity index (χ1n) is 6.14. The first kappa shape index (κ1) is 15.6. The quantitative estimate of drug-likeness (QED) is 0.806. The number of nitrogens with one attached hydrogen (secondary N) is 1. The lowest BCUT2D eigenvalue weighted by Gasteiger charge is -2.12. The number of rotatable bonds is 5. The van der Waals surface area contributed by atoms with Gasteiger partial charge in [0.05, 0.1) is 18.7 Å². The van der Waals surface area contributed by atoms with Gasteiger partial charge in [0.2, 0.25) is 0 Å². The second-order valence-electron chi connectivity index (χ2n) is 4.28. The van der Waals surface area contributed by atoms with Crippen LogP contribution in [0.25, 0.3) is 0 Å². The van der Waals surface area contributed by atoms with Gasteiger partial charge in [0.25, 0.3) is 0 Å². The predicted octanol–water partition coefficient (Wildman–Crippen LogP) is 4.36. The molecule has 1 N–H and O–H groups in total. The van der Waals surface area contributed by atoms with Gasteiger partial charge < -0.3 is 14.8 Å². The maximum absolute atomic E-state index is 13.9. The Morgan fingerprint density at radius 3 is 2.24 bits per heavy atom. The zero-order valence-corrected chi connectivity index (χ0v) is 13.1. The molecule has 0 saturated carbocycles. The first-order valence-corrected chi connectivity index (χ1v) is 6.93. The van der Waals surface area contributed by atoms with Gasteiger partial charge in [0.15, 0.2) is 0 Å². The molecule has 2 aromatic carbocycles. The molecule has 0 aliphatic heterocycles. The maximum atomic E-state index is 13.9. The summed E-state index contributed by atoms with van der Waals surface area (Å²) in [5, 5.41) is 2.96. The van der Waals surface area contributed by atoms with Crippen molar-refractivity contribution in [3.63, 3.8) is 0 Å². The molecule has 0 fully saturated rings. The van der Waals surface area contributed by atoms with Crippen LogP contribution in [0.2, 0.25) is 0 Å². The molecule has 2 aromatic rings. The molecule has 112 valence electrons. The Hall–Kier alpha value is -1.82. The van der Waals surface area contributed by atoms with Crippen LogP contribution in [-0.2, 0) is 6.54 Å². The Kier molecular flexibility index (Phi) is 5.01. The number of benzene rings is 2. The standard InChI is InChI=1S/C15H14BrF2NO2/c1-20-10-5-9(6-11(7-10)21-2)19-8-12-14(17)4-3-13(16)15(12)18/h3-7,19H,8H2,1-2H3. The minimum Gasteiger partial charge on any atom is -0.497 e. The van der Waals surface area contributed by atoms with E-state index in [1.54, 1.807) is 18.2 Å². The van der Waals surface area contributed by atoms with Gasteiger partial charge in [-0.05, 0) is 28.1 Å². The van der Waals surface area contributed by atoms with Crippen molar-refractivity contribution in [2.75, 3.05) is 19.5 Å². The van der Waals surface area contributed by atoms with E-state index in [0.717, 1.165) is 0 Å². The molecule has 0 atom stereocenters. The highest BCUT2D eigenvalue weighted by Crippen LogP contribution is 2.27. The Labute approximate surface area is 130 Å². The molecular weight excluding hydrogens is 344 g/mol.